The molecule has 1 fully saturated rings. The monoisotopic (exact) mass is 150 g/mol. The number of imidazole rings is 1. The summed E-state index contributed by atoms with van der Waals surface area (Å²) in [5.74, 6) is 0.551. The zero-order chi connectivity index (χ0) is 7.84. The molecule has 0 bridgehead atoms. The molecule has 0 amide bonds. The van der Waals surface area contributed by atoms with Crippen LogP contribution in [0.3, 0.4) is 0 Å². The van der Waals surface area contributed by atoms with Crippen LogP contribution in [0.25, 0.3) is 0 Å². The molecular formula is C8H10N2O. The fourth-order valence-corrected chi connectivity index (χ4v) is 1.15. The number of nitrogens with zero attached hydrogens (tertiary/aromatic N) is 2. The largest absolute Gasteiger partial charge is 0.331 e. The molecule has 0 unspecified atom stereocenters. The standard InChI is InChI=1S/C8H10N2O/c1-10-5-9-4-7(10)8(11)6-2-3-6/h4-6H,2-3H2,1H3. The minimum absolute atomic E-state index is 0.255. The fraction of sp³-hybridized carbons (Fsp3) is 0.500. The van der Waals surface area contributed by atoms with Crippen molar-refractivity contribution in [3.05, 3.63) is 18.2 Å². The van der Waals surface area contributed by atoms with Crippen LogP contribution in [-0.4, -0.2) is 15.3 Å². The molecule has 1 aromatic heterocycles. The molecule has 1 heterocycles. The van der Waals surface area contributed by atoms with Crippen molar-refractivity contribution in [3.63, 3.8) is 0 Å². The quantitative estimate of drug-likeness (QED) is 0.590. The first-order valence-corrected chi connectivity index (χ1v) is 3.79. The van der Waals surface area contributed by atoms with Crippen molar-refractivity contribution in [2.24, 2.45) is 13.0 Å². The summed E-state index contributed by atoms with van der Waals surface area (Å²) < 4.78 is 1.78. The molecule has 1 aliphatic rings. The maximum Gasteiger partial charge on any atom is 0.183 e. The van der Waals surface area contributed by atoms with E-state index in [0.717, 1.165) is 18.5 Å². The molecule has 3 heteroatoms. The minimum Gasteiger partial charge on any atom is -0.331 e. The van der Waals surface area contributed by atoms with Crippen molar-refractivity contribution >= 4 is 5.78 Å². The van der Waals surface area contributed by atoms with E-state index in [1.807, 2.05) is 7.05 Å². The Morgan fingerprint density at radius 2 is 2.45 bits per heavy atom. The second-order valence-corrected chi connectivity index (χ2v) is 3.03. The van der Waals surface area contributed by atoms with Crippen molar-refractivity contribution < 1.29 is 4.79 Å². The summed E-state index contributed by atoms with van der Waals surface area (Å²) in [5.41, 5.74) is 0.743. The summed E-state index contributed by atoms with van der Waals surface area (Å²) in [6.07, 6.45) is 5.42. The molecule has 0 N–H and O–H groups in total. The topological polar surface area (TPSA) is 34.9 Å². The van der Waals surface area contributed by atoms with E-state index in [0.29, 0.717) is 5.92 Å². The fourth-order valence-electron chi connectivity index (χ4n) is 1.15. The smallest absolute Gasteiger partial charge is 0.183 e. The molecule has 0 aliphatic heterocycles. The van der Waals surface area contributed by atoms with Crippen LogP contribution in [0.5, 0.6) is 0 Å². The Morgan fingerprint density at radius 3 is 2.91 bits per heavy atom. The van der Waals surface area contributed by atoms with Crippen molar-refractivity contribution in [3.8, 4) is 0 Å². The first kappa shape index (κ1) is 6.58. The molecule has 0 radical (unpaired) electrons. The summed E-state index contributed by atoms with van der Waals surface area (Å²) in [5, 5.41) is 0. The number of rotatable bonds is 2. The first-order chi connectivity index (χ1) is 5.29. The Morgan fingerprint density at radius 1 is 1.73 bits per heavy atom. The second-order valence-electron chi connectivity index (χ2n) is 3.03. The van der Waals surface area contributed by atoms with Gasteiger partial charge in [-0.2, -0.15) is 0 Å². The van der Waals surface area contributed by atoms with E-state index in [9.17, 15) is 4.79 Å². The Kier molecular flexibility index (Phi) is 1.31. The van der Waals surface area contributed by atoms with E-state index >= 15 is 0 Å². The van der Waals surface area contributed by atoms with Gasteiger partial charge in [0.25, 0.3) is 0 Å². The highest BCUT2D eigenvalue weighted by atomic mass is 16.1. The van der Waals surface area contributed by atoms with Gasteiger partial charge in [-0.05, 0) is 12.8 Å². The third-order valence-corrected chi connectivity index (χ3v) is 2.02. The van der Waals surface area contributed by atoms with Crippen molar-refractivity contribution in [2.45, 2.75) is 12.8 Å². The number of aryl methyl sites for hydroxylation is 1. The van der Waals surface area contributed by atoms with Gasteiger partial charge in [-0.1, -0.05) is 0 Å². The molecule has 1 aliphatic carbocycles. The molecule has 11 heavy (non-hydrogen) atoms. The summed E-state index contributed by atoms with van der Waals surface area (Å²) in [4.78, 5) is 15.3. The van der Waals surface area contributed by atoms with Crippen LogP contribution >= 0.6 is 0 Å². The summed E-state index contributed by atoms with van der Waals surface area (Å²) in [6.45, 7) is 0. The zero-order valence-electron chi connectivity index (χ0n) is 6.45. The van der Waals surface area contributed by atoms with Gasteiger partial charge >= 0.3 is 0 Å². The summed E-state index contributed by atoms with van der Waals surface area (Å²) in [6, 6.07) is 0. The Bertz CT molecular complexity index is 286. The molecule has 58 valence electrons. The van der Waals surface area contributed by atoms with Crippen LogP contribution in [-0.2, 0) is 7.05 Å². The van der Waals surface area contributed by atoms with Crippen LogP contribution in [0.2, 0.25) is 0 Å². The highest BCUT2D eigenvalue weighted by Gasteiger charge is 2.31. The molecule has 1 saturated carbocycles. The van der Waals surface area contributed by atoms with Crippen LogP contribution < -0.4 is 0 Å². The predicted molar refractivity (Wildman–Crippen MR) is 40.3 cm³/mol. The number of aromatic nitrogens is 2. The van der Waals surface area contributed by atoms with Gasteiger partial charge in [0, 0.05) is 13.0 Å². The third kappa shape index (κ3) is 1.06. The molecule has 0 atom stereocenters. The van der Waals surface area contributed by atoms with Crippen molar-refractivity contribution in [1.29, 1.82) is 0 Å². The van der Waals surface area contributed by atoms with E-state index in [4.69, 9.17) is 0 Å². The number of carbonyl (C=O) groups is 1. The molecule has 1 aromatic rings. The average Bonchev–Trinajstić information content (AvgIpc) is 2.74. The number of Topliss-reactive ketones (excluding diaryl/α,β-unsaturated/α-hetero) is 1. The van der Waals surface area contributed by atoms with Gasteiger partial charge in [0.05, 0.1) is 12.5 Å². The number of ketones is 1. The van der Waals surface area contributed by atoms with Crippen LogP contribution in [0.1, 0.15) is 23.3 Å². The first-order valence-electron chi connectivity index (χ1n) is 3.79. The maximum absolute atomic E-state index is 11.4. The van der Waals surface area contributed by atoms with Gasteiger partial charge in [-0.25, -0.2) is 4.98 Å². The van der Waals surface area contributed by atoms with E-state index in [1.165, 1.54) is 0 Å². The zero-order valence-corrected chi connectivity index (χ0v) is 6.45. The van der Waals surface area contributed by atoms with Crippen LogP contribution in [0.4, 0.5) is 0 Å². The number of carbonyl (C=O) groups excluding carboxylic acids is 1. The highest BCUT2D eigenvalue weighted by molar-refractivity contribution is 5.97. The van der Waals surface area contributed by atoms with E-state index < -0.39 is 0 Å². The van der Waals surface area contributed by atoms with E-state index in [1.54, 1.807) is 17.1 Å². The van der Waals surface area contributed by atoms with Gasteiger partial charge < -0.3 is 4.57 Å². The highest BCUT2D eigenvalue weighted by Crippen LogP contribution is 2.32. The SMILES string of the molecule is Cn1cncc1C(=O)C1CC1. The Balaban J connectivity index is 2.27. The van der Waals surface area contributed by atoms with Crippen LogP contribution in [0, 0.1) is 5.92 Å². The maximum atomic E-state index is 11.4. The lowest BCUT2D eigenvalue weighted by molar-refractivity contribution is 0.0959. The molecule has 2 rings (SSSR count). The Labute approximate surface area is 65.1 Å². The second kappa shape index (κ2) is 2.19. The lowest BCUT2D eigenvalue weighted by Crippen LogP contribution is -2.06. The summed E-state index contributed by atoms with van der Waals surface area (Å²) >= 11 is 0. The molecule has 0 aromatic carbocycles. The third-order valence-electron chi connectivity index (χ3n) is 2.02. The lowest BCUT2D eigenvalue weighted by Gasteiger charge is -1.97. The number of hydrogen-bond acceptors (Lipinski definition) is 2. The molecule has 0 spiro atoms. The molecule has 0 saturated heterocycles. The lowest BCUT2D eigenvalue weighted by atomic mass is 10.2. The van der Waals surface area contributed by atoms with E-state index in [-0.39, 0.29) is 5.78 Å². The normalized spacial score (nSPS) is 16.8. The van der Waals surface area contributed by atoms with Gasteiger partial charge in [-0.3, -0.25) is 4.79 Å². The Hall–Kier alpha value is -1.12. The molecule has 3 nitrogen and oxygen atoms in total. The van der Waals surface area contributed by atoms with Gasteiger partial charge in [0.15, 0.2) is 5.78 Å². The van der Waals surface area contributed by atoms with Gasteiger partial charge in [0.2, 0.25) is 0 Å². The number of hydrogen-bond donors (Lipinski definition) is 0. The molecular weight excluding hydrogens is 140 g/mol. The van der Waals surface area contributed by atoms with Crippen molar-refractivity contribution in [1.82, 2.24) is 9.55 Å². The van der Waals surface area contributed by atoms with Crippen molar-refractivity contribution in [2.75, 3.05) is 0 Å². The van der Waals surface area contributed by atoms with E-state index in [2.05, 4.69) is 4.98 Å². The van der Waals surface area contributed by atoms with Crippen LogP contribution in [0.15, 0.2) is 12.5 Å². The van der Waals surface area contributed by atoms with Gasteiger partial charge in [-0.15, -0.1) is 0 Å². The minimum atomic E-state index is 0.255. The average molecular weight is 150 g/mol. The predicted octanol–water partition coefficient (Wildman–Crippen LogP) is 1.01. The summed E-state index contributed by atoms with van der Waals surface area (Å²) in [7, 11) is 1.85. The van der Waals surface area contributed by atoms with Gasteiger partial charge in [0.1, 0.15) is 5.69 Å².